The molecule has 2 rings (SSSR count). The third kappa shape index (κ3) is 1.91. The first-order valence-corrected chi connectivity index (χ1v) is 5.86. The van der Waals surface area contributed by atoms with Crippen molar-refractivity contribution in [3.05, 3.63) is 33.4 Å². The van der Waals surface area contributed by atoms with Gasteiger partial charge in [-0.05, 0) is 13.8 Å². The van der Waals surface area contributed by atoms with Crippen molar-refractivity contribution in [3.8, 4) is 12.3 Å². The van der Waals surface area contributed by atoms with Crippen LogP contribution in [0.5, 0.6) is 0 Å². The first-order chi connectivity index (χ1) is 9.01. The zero-order valence-corrected chi connectivity index (χ0v) is 11.0. The van der Waals surface area contributed by atoms with E-state index in [-0.39, 0.29) is 12.2 Å². The lowest BCUT2D eigenvalue weighted by atomic mass is 10.1. The van der Waals surface area contributed by atoms with Crippen molar-refractivity contribution in [2.45, 2.75) is 13.8 Å². The van der Waals surface area contributed by atoms with Gasteiger partial charge in [-0.15, -0.1) is 6.42 Å². The zero-order valence-electron chi connectivity index (χ0n) is 11.0. The number of aromatic amines is 1. The lowest BCUT2D eigenvalue weighted by Gasteiger charge is -2.04. The second-order valence-electron chi connectivity index (χ2n) is 4.20. The lowest BCUT2D eigenvalue weighted by Crippen LogP contribution is -2.17. The Morgan fingerprint density at radius 1 is 1.58 bits per heavy atom. The normalized spacial score (nSPS) is 10.4. The molecule has 0 saturated carbocycles. The molecule has 5 heteroatoms. The summed E-state index contributed by atoms with van der Waals surface area (Å²) < 4.78 is 6.40. The molecule has 2 aromatic rings. The molecule has 0 aliphatic heterocycles. The molecule has 0 saturated heterocycles. The fourth-order valence-electron chi connectivity index (χ4n) is 2.12. The van der Waals surface area contributed by atoms with Crippen LogP contribution in [0.1, 0.15) is 28.5 Å². The molecule has 19 heavy (non-hydrogen) atoms. The number of esters is 1. The molecule has 0 atom stereocenters. The Balaban J connectivity index is 2.91. The van der Waals surface area contributed by atoms with Crippen LogP contribution >= 0.6 is 0 Å². The molecule has 1 N–H and O–H groups in total. The molecule has 0 aliphatic carbocycles. The number of carbonyl (C=O) groups excluding carboxylic acids is 1. The fourth-order valence-corrected chi connectivity index (χ4v) is 2.12. The van der Waals surface area contributed by atoms with E-state index < -0.39 is 5.97 Å². The van der Waals surface area contributed by atoms with Crippen LogP contribution in [0.4, 0.5) is 0 Å². The third-order valence-corrected chi connectivity index (χ3v) is 2.95. The van der Waals surface area contributed by atoms with E-state index in [0.29, 0.717) is 27.7 Å². The Kier molecular flexibility index (Phi) is 3.17. The van der Waals surface area contributed by atoms with Crippen molar-refractivity contribution in [2.75, 3.05) is 6.61 Å². The maximum Gasteiger partial charge on any atom is 0.340 e. The number of hydrogen-bond acceptors (Lipinski definition) is 3. The average Bonchev–Trinajstić information content (AvgIpc) is 2.72. The second kappa shape index (κ2) is 4.65. The third-order valence-electron chi connectivity index (χ3n) is 2.95. The van der Waals surface area contributed by atoms with Gasteiger partial charge in [-0.2, -0.15) is 0 Å². The number of rotatable bonds is 2. The van der Waals surface area contributed by atoms with Gasteiger partial charge in [-0.1, -0.05) is 5.92 Å². The smallest absolute Gasteiger partial charge is 0.340 e. The number of nitrogens with one attached hydrogen (secondary N) is 1. The first-order valence-electron chi connectivity index (χ1n) is 5.86. The summed E-state index contributed by atoms with van der Waals surface area (Å²) in [5.74, 6) is 2.03. The molecule has 0 spiro atoms. The van der Waals surface area contributed by atoms with E-state index in [2.05, 4.69) is 10.9 Å². The van der Waals surface area contributed by atoms with E-state index in [4.69, 9.17) is 11.2 Å². The van der Waals surface area contributed by atoms with E-state index >= 15 is 0 Å². The Labute approximate surface area is 110 Å². The van der Waals surface area contributed by atoms with Gasteiger partial charge >= 0.3 is 5.97 Å². The molecule has 0 unspecified atom stereocenters. The van der Waals surface area contributed by atoms with Crippen LogP contribution in [-0.2, 0) is 11.8 Å². The highest BCUT2D eigenvalue weighted by atomic mass is 16.5. The summed E-state index contributed by atoms with van der Waals surface area (Å²) in [5.41, 5.74) is 1.51. The van der Waals surface area contributed by atoms with Crippen LogP contribution in [0.3, 0.4) is 0 Å². The SMILES string of the molecule is C#Cc1cn(C)c(=O)c2[nH]c(C)c(C(=O)OCC)c12. The minimum Gasteiger partial charge on any atom is -0.462 e. The van der Waals surface area contributed by atoms with Crippen molar-refractivity contribution >= 4 is 16.9 Å². The summed E-state index contributed by atoms with van der Waals surface area (Å²) in [6.07, 6.45) is 7.00. The van der Waals surface area contributed by atoms with Crippen molar-refractivity contribution in [1.82, 2.24) is 9.55 Å². The standard InChI is InChI=1S/C14H14N2O3/c1-5-9-7-16(4)13(17)12-11(9)10(8(3)15-12)14(18)19-6-2/h1,7,15H,6H2,2-4H3. The number of H-pyrrole nitrogens is 1. The van der Waals surface area contributed by atoms with Crippen LogP contribution in [0.25, 0.3) is 10.9 Å². The van der Waals surface area contributed by atoms with Gasteiger partial charge in [0.2, 0.25) is 0 Å². The van der Waals surface area contributed by atoms with Crippen molar-refractivity contribution in [1.29, 1.82) is 0 Å². The largest absolute Gasteiger partial charge is 0.462 e. The number of hydrogen-bond donors (Lipinski definition) is 1. The Hall–Kier alpha value is -2.48. The Bertz CT molecular complexity index is 760. The minimum atomic E-state index is -0.476. The number of nitrogens with zero attached hydrogens (tertiary/aromatic N) is 1. The van der Waals surface area contributed by atoms with E-state index in [1.165, 1.54) is 4.57 Å². The summed E-state index contributed by atoms with van der Waals surface area (Å²) >= 11 is 0. The van der Waals surface area contributed by atoms with Gasteiger partial charge in [-0.25, -0.2) is 4.79 Å². The Morgan fingerprint density at radius 2 is 2.26 bits per heavy atom. The highest BCUT2D eigenvalue weighted by molar-refractivity contribution is 6.07. The molecule has 2 aromatic heterocycles. The van der Waals surface area contributed by atoms with Gasteiger partial charge in [0, 0.05) is 24.3 Å². The minimum absolute atomic E-state index is 0.229. The molecule has 0 fully saturated rings. The summed E-state index contributed by atoms with van der Waals surface area (Å²) in [7, 11) is 1.61. The number of carbonyl (C=O) groups is 1. The zero-order chi connectivity index (χ0) is 14.2. The summed E-state index contributed by atoms with van der Waals surface area (Å²) in [5, 5.41) is 0.460. The maximum atomic E-state index is 12.1. The molecule has 2 heterocycles. The number of ether oxygens (including phenoxy) is 1. The highest BCUT2D eigenvalue weighted by Crippen LogP contribution is 2.23. The summed E-state index contributed by atoms with van der Waals surface area (Å²) in [4.78, 5) is 27.0. The number of aromatic nitrogens is 2. The Morgan fingerprint density at radius 3 is 2.84 bits per heavy atom. The molecule has 0 bridgehead atoms. The van der Waals surface area contributed by atoms with E-state index in [1.807, 2.05) is 0 Å². The number of aryl methyl sites for hydroxylation is 2. The van der Waals surface area contributed by atoms with E-state index in [0.717, 1.165) is 0 Å². The number of terminal acetylenes is 1. The van der Waals surface area contributed by atoms with Gasteiger partial charge in [0.15, 0.2) is 0 Å². The van der Waals surface area contributed by atoms with E-state index in [9.17, 15) is 9.59 Å². The second-order valence-corrected chi connectivity index (χ2v) is 4.20. The van der Waals surface area contributed by atoms with Gasteiger partial charge in [0.1, 0.15) is 5.52 Å². The summed E-state index contributed by atoms with van der Waals surface area (Å²) in [6.45, 7) is 3.70. The van der Waals surface area contributed by atoms with Gasteiger partial charge in [0.05, 0.1) is 17.7 Å². The molecule has 0 aromatic carbocycles. The van der Waals surface area contributed by atoms with E-state index in [1.54, 1.807) is 27.1 Å². The van der Waals surface area contributed by atoms with Crippen LogP contribution in [0.15, 0.2) is 11.0 Å². The predicted octanol–water partition coefficient (Wildman–Crippen LogP) is 1.33. The fraction of sp³-hybridized carbons (Fsp3) is 0.286. The molecule has 5 nitrogen and oxygen atoms in total. The molecule has 0 radical (unpaired) electrons. The van der Waals surface area contributed by atoms with Gasteiger partial charge in [-0.3, -0.25) is 4.79 Å². The van der Waals surface area contributed by atoms with Crippen molar-refractivity contribution in [2.24, 2.45) is 7.05 Å². The topological polar surface area (TPSA) is 64.1 Å². The monoisotopic (exact) mass is 258 g/mol. The molecular formula is C14H14N2O3. The summed E-state index contributed by atoms with van der Waals surface area (Å²) in [6, 6.07) is 0. The number of pyridine rings is 1. The molecular weight excluding hydrogens is 244 g/mol. The van der Waals surface area contributed by atoms with Crippen molar-refractivity contribution in [3.63, 3.8) is 0 Å². The lowest BCUT2D eigenvalue weighted by molar-refractivity contribution is 0.0528. The van der Waals surface area contributed by atoms with Gasteiger partial charge in [0.25, 0.3) is 5.56 Å². The predicted molar refractivity (Wildman–Crippen MR) is 72.2 cm³/mol. The molecule has 0 aliphatic rings. The maximum absolute atomic E-state index is 12.1. The average molecular weight is 258 g/mol. The highest BCUT2D eigenvalue weighted by Gasteiger charge is 2.21. The quantitative estimate of drug-likeness (QED) is 0.653. The molecule has 98 valence electrons. The van der Waals surface area contributed by atoms with Crippen LogP contribution in [-0.4, -0.2) is 22.1 Å². The van der Waals surface area contributed by atoms with Gasteiger partial charge < -0.3 is 14.3 Å². The van der Waals surface area contributed by atoms with Crippen LogP contribution in [0, 0.1) is 19.3 Å². The first kappa shape index (κ1) is 13.0. The molecule has 0 amide bonds. The van der Waals surface area contributed by atoms with Crippen LogP contribution < -0.4 is 5.56 Å². The van der Waals surface area contributed by atoms with Crippen molar-refractivity contribution < 1.29 is 9.53 Å². The van der Waals surface area contributed by atoms with Crippen LogP contribution in [0.2, 0.25) is 0 Å². The number of fused-ring (bicyclic) bond motifs is 1.